The number of fused-ring (bicyclic) bond motifs is 1. The van der Waals surface area contributed by atoms with E-state index in [1.54, 1.807) is 0 Å². The number of anilines is 1. The second-order valence-corrected chi connectivity index (χ2v) is 12.8. The van der Waals surface area contributed by atoms with Crippen LogP contribution in [0.1, 0.15) is 6.23 Å². The van der Waals surface area contributed by atoms with Crippen molar-refractivity contribution in [1.82, 2.24) is 19.5 Å². The Hall–Kier alpha value is -1.03. The van der Waals surface area contributed by atoms with E-state index in [4.69, 9.17) is 22.1 Å². The number of phosphoric acid groups is 1. The largest absolute Gasteiger partial charge is 0.790 e. The summed E-state index contributed by atoms with van der Waals surface area (Å²) in [4.78, 5) is 53.1. The highest BCUT2D eigenvalue weighted by Crippen LogP contribution is 2.66. The van der Waals surface area contributed by atoms with Crippen molar-refractivity contribution in [2.75, 3.05) is 12.3 Å². The van der Waals surface area contributed by atoms with E-state index in [0.717, 1.165) is 6.33 Å². The zero-order chi connectivity index (χ0) is 24.1. The lowest BCUT2D eigenvalue weighted by Crippen LogP contribution is -2.34. The zero-order valence-corrected chi connectivity index (χ0v) is 18.8. The van der Waals surface area contributed by atoms with Gasteiger partial charge in [0, 0.05) is 0 Å². The van der Waals surface area contributed by atoms with E-state index in [-0.39, 0.29) is 17.0 Å². The number of nitrogens with two attached hydrogens (primary N) is 1. The van der Waals surface area contributed by atoms with Crippen molar-refractivity contribution in [3.63, 3.8) is 0 Å². The van der Waals surface area contributed by atoms with E-state index in [9.17, 15) is 43.5 Å². The first-order chi connectivity index (χ1) is 14.6. The fourth-order valence-corrected chi connectivity index (χ4v) is 7.10. The summed E-state index contributed by atoms with van der Waals surface area (Å²) in [6.07, 6.45) is -3.97. The lowest BCUT2D eigenvalue weighted by molar-refractivity contribution is -0.337. The Morgan fingerprint density at radius 2 is 1.81 bits per heavy atom. The fourth-order valence-electron chi connectivity index (χ4n) is 2.74. The summed E-state index contributed by atoms with van der Waals surface area (Å²) in [5, 5.41) is 20.5. The van der Waals surface area contributed by atoms with Crippen LogP contribution in [0.2, 0.25) is 0 Å². The number of aliphatic hydroxyl groups excluding tert-OH is 2. The second-order valence-electron chi connectivity index (χ2n) is 6.34. The molecular formula is C11H13ClN5O12P3-4. The van der Waals surface area contributed by atoms with Gasteiger partial charge in [-0.15, -0.1) is 11.6 Å². The summed E-state index contributed by atoms with van der Waals surface area (Å²) in [5.74, 6) is 0.0204. The summed E-state index contributed by atoms with van der Waals surface area (Å²) >= 11 is 5.22. The Labute approximate surface area is 183 Å². The van der Waals surface area contributed by atoms with Crippen LogP contribution in [0.3, 0.4) is 0 Å². The lowest BCUT2D eigenvalue weighted by Gasteiger charge is -2.41. The number of halogens is 1. The van der Waals surface area contributed by atoms with Crippen LogP contribution >= 0.6 is 34.6 Å². The van der Waals surface area contributed by atoms with Crippen molar-refractivity contribution in [3.8, 4) is 0 Å². The van der Waals surface area contributed by atoms with Crippen LogP contribution in [0.15, 0.2) is 12.7 Å². The standard InChI is InChI=1S/C11H17ClN5O12P3/c12-11(31(22,23)29-32(24,25)26)30(20,21)27-1-4-6(18)7(19)10(28-4)17-3-16-5-8(13)14-2-15-9(5)17/h2-4,6-7,10-11,18-19H,1H2,(H,20,21)(H,22,23)(H2,13,14,15)(H2,24,25,26)/p-4/t4?,6?,7?,10?,11-/m1/s1. The summed E-state index contributed by atoms with van der Waals surface area (Å²) in [7, 11) is -17.7. The van der Waals surface area contributed by atoms with Crippen LogP contribution in [0.25, 0.3) is 11.2 Å². The van der Waals surface area contributed by atoms with Crippen molar-refractivity contribution in [2.24, 2.45) is 0 Å². The molecule has 0 saturated carbocycles. The fraction of sp³-hybridized carbons (Fsp3) is 0.545. The SMILES string of the molecule is Nc1ncnc2c1ncn2C1OC(COP(=O)([O-])[C@@H](Cl)P(=O)([O-])OP(=O)([O-])[O-])C(O)C1O. The number of alkyl halides is 1. The van der Waals surface area contributed by atoms with Crippen LogP contribution in [0, 0.1) is 0 Å². The first-order valence-electron chi connectivity index (χ1n) is 8.22. The number of imidazole rings is 1. The maximum absolute atomic E-state index is 12.0. The zero-order valence-electron chi connectivity index (χ0n) is 15.3. The van der Waals surface area contributed by atoms with Gasteiger partial charge in [-0.2, -0.15) is 0 Å². The van der Waals surface area contributed by atoms with Gasteiger partial charge in [-0.25, -0.2) is 15.0 Å². The summed E-state index contributed by atoms with van der Waals surface area (Å²) in [6, 6.07) is 0. The molecule has 0 amide bonds. The molecular weight excluding hydrogens is 523 g/mol. The number of nitrogen functional groups attached to an aromatic ring is 1. The third kappa shape index (κ3) is 5.21. The monoisotopic (exact) mass is 535 g/mol. The van der Waals surface area contributed by atoms with Crippen LogP contribution in [0.5, 0.6) is 0 Å². The normalized spacial score (nSPS) is 29.0. The van der Waals surface area contributed by atoms with Gasteiger partial charge in [-0.3, -0.25) is 4.57 Å². The number of hydrogen-bond donors (Lipinski definition) is 3. The molecule has 6 unspecified atom stereocenters. The Bertz CT molecular complexity index is 1140. The van der Waals surface area contributed by atoms with Gasteiger partial charge in [-0.05, 0) is 0 Å². The van der Waals surface area contributed by atoms with Gasteiger partial charge in [0.15, 0.2) is 37.7 Å². The third-order valence-electron chi connectivity index (χ3n) is 4.15. The average Bonchev–Trinajstić information content (AvgIpc) is 3.21. The number of hydrogen-bond acceptors (Lipinski definition) is 16. The van der Waals surface area contributed by atoms with E-state index in [0.29, 0.717) is 0 Å². The van der Waals surface area contributed by atoms with Crippen LogP contribution in [0.4, 0.5) is 5.82 Å². The highest BCUT2D eigenvalue weighted by Gasteiger charge is 2.45. The molecule has 2 aromatic rings. The molecule has 180 valence electrons. The number of aliphatic hydroxyl groups is 2. The predicted octanol–water partition coefficient (Wildman–Crippen LogP) is -3.48. The molecule has 0 bridgehead atoms. The summed E-state index contributed by atoms with van der Waals surface area (Å²) < 4.78 is 48.2. The Kier molecular flexibility index (Phi) is 7.17. The first kappa shape index (κ1) is 25.6. The minimum atomic E-state index is -6.13. The van der Waals surface area contributed by atoms with Crippen LogP contribution in [-0.2, 0) is 27.3 Å². The maximum atomic E-state index is 12.0. The van der Waals surface area contributed by atoms with Gasteiger partial charge < -0.3 is 62.8 Å². The smallest absolute Gasteiger partial charge is 0.167 e. The number of nitrogens with zero attached hydrogens (tertiary/aromatic N) is 4. The molecule has 1 aliphatic heterocycles. The van der Waals surface area contributed by atoms with Crippen molar-refractivity contribution >= 4 is 51.6 Å². The molecule has 0 spiro atoms. The average molecular weight is 536 g/mol. The molecule has 0 radical (unpaired) electrons. The molecule has 0 aliphatic carbocycles. The predicted molar refractivity (Wildman–Crippen MR) is 95.2 cm³/mol. The van der Waals surface area contributed by atoms with Crippen molar-refractivity contribution in [3.05, 3.63) is 12.7 Å². The highest BCUT2D eigenvalue weighted by atomic mass is 35.5. The second kappa shape index (κ2) is 8.96. The summed E-state index contributed by atoms with van der Waals surface area (Å²) in [6.45, 7) is -1.05. The van der Waals surface area contributed by atoms with Gasteiger partial charge in [-0.1, -0.05) is 0 Å². The van der Waals surface area contributed by atoms with Crippen LogP contribution in [-0.4, -0.2) is 59.5 Å². The van der Waals surface area contributed by atoms with Gasteiger partial charge in [0.1, 0.15) is 30.2 Å². The first-order valence-corrected chi connectivity index (χ1v) is 13.3. The lowest BCUT2D eigenvalue weighted by atomic mass is 10.1. The van der Waals surface area contributed by atoms with Crippen molar-refractivity contribution < 1.29 is 57.1 Å². The third-order valence-corrected chi connectivity index (χ3v) is 10.5. The van der Waals surface area contributed by atoms with E-state index >= 15 is 0 Å². The number of aromatic nitrogens is 4. The van der Waals surface area contributed by atoms with Gasteiger partial charge >= 0.3 is 0 Å². The van der Waals surface area contributed by atoms with E-state index in [1.807, 2.05) is 0 Å². The maximum Gasteiger partial charge on any atom is 0.167 e. The summed E-state index contributed by atoms with van der Waals surface area (Å²) in [5.41, 5.74) is 5.94. The van der Waals surface area contributed by atoms with Gasteiger partial charge in [0.25, 0.3) is 0 Å². The van der Waals surface area contributed by atoms with Crippen molar-refractivity contribution in [1.29, 1.82) is 0 Å². The van der Waals surface area contributed by atoms with E-state index in [2.05, 4.69) is 23.8 Å². The molecule has 3 rings (SSSR count). The minimum absolute atomic E-state index is 0.0204. The molecule has 1 saturated heterocycles. The molecule has 7 atom stereocenters. The topological polar surface area (TPSA) is 281 Å². The molecule has 17 nitrogen and oxygen atoms in total. The quantitative estimate of drug-likeness (QED) is 0.218. The minimum Gasteiger partial charge on any atom is -0.790 e. The molecule has 21 heteroatoms. The molecule has 1 aliphatic rings. The highest BCUT2D eigenvalue weighted by molar-refractivity contribution is 7.76. The molecule has 0 aromatic carbocycles. The molecule has 1 fully saturated rings. The Morgan fingerprint density at radius 3 is 2.44 bits per heavy atom. The molecule has 4 N–H and O–H groups in total. The Morgan fingerprint density at radius 1 is 1.16 bits per heavy atom. The number of ether oxygens (including phenoxy) is 1. The van der Waals surface area contributed by atoms with Gasteiger partial charge in [0.05, 0.1) is 20.8 Å². The molecule has 3 heterocycles. The van der Waals surface area contributed by atoms with E-state index < -0.39 is 59.0 Å². The van der Waals surface area contributed by atoms with Crippen molar-refractivity contribution in [2.45, 2.75) is 29.4 Å². The van der Waals surface area contributed by atoms with Gasteiger partial charge in [0.2, 0.25) is 0 Å². The Balaban J connectivity index is 1.73. The van der Waals surface area contributed by atoms with E-state index in [1.165, 1.54) is 10.9 Å². The molecule has 32 heavy (non-hydrogen) atoms. The van der Waals surface area contributed by atoms with Crippen LogP contribution < -0.4 is 25.3 Å². The number of rotatable bonds is 8. The molecule has 2 aromatic heterocycles.